The lowest BCUT2D eigenvalue weighted by Gasteiger charge is -2.44. The van der Waals surface area contributed by atoms with Crippen LogP contribution in [0, 0.1) is 11.8 Å². The SMILES string of the molecule is C=C[C@@H]1CN2CC[C@@]3(C(=O)Nc4ccccc43)[C@@H]2C[C@@H]1/C(=C/OC)C(=O)OC. The van der Waals surface area contributed by atoms with E-state index in [-0.39, 0.29) is 23.8 Å². The van der Waals surface area contributed by atoms with Crippen LogP contribution in [0.5, 0.6) is 0 Å². The number of rotatable bonds is 4. The number of methoxy groups -OCH3 is 2. The molecular formula is C22H26N2O4. The van der Waals surface area contributed by atoms with Gasteiger partial charge in [0.1, 0.15) is 0 Å². The molecule has 1 aromatic carbocycles. The number of piperidine rings is 1. The van der Waals surface area contributed by atoms with E-state index in [0.29, 0.717) is 12.0 Å². The van der Waals surface area contributed by atoms with E-state index in [4.69, 9.17) is 9.47 Å². The maximum Gasteiger partial charge on any atom is 0.337 e. The molecule has 0 saturated carbocycles. The molecule has 3 aliphatic rings. The maximum atomic E-state index is 13.2. The van der Waals surface area contributed by atoms with Crippen molar-refractivity contribution in [1.82, 2.24) is 4.90 Å². The second kappa shape index (κ2) is 7.09. The molecule has 2 saturated heterocycles. The van der Waals surface area contributed by atoms with Crippen LogP contribution in [-0.2, 0) is 24.5 Å². The number of amides is 1. The standard InChI is InChI=1S/C22H26N2O4/c1-4-14-12-24-10-9-22(17-7-5-6-8-18(17)23-21(22)26)19(24)11-15(14)16(13-27-2)20(25)28-3/h4-8,13-15,19H,1,9-12H2,2-3H3,(H,23,26)/b16-13-/t14-,15+,19+,22+/m1/s1. The lowest BCUT2D eigenvalue weighted by molar-refractivity contribution is -0.137. The van der Waals surface area contributed by atoms with E-state index < -0.39 is 11.4 Å². The molecular weight excluding hydrogens is 356 g/mol. The highest BCUT2D eigenvalue weighted by Crippen LogP contribution is 2.52. The number of carbonyl (C=O) groups excluding carboxylic acids is 2. The molecule has 6 nitrogen and oxygen atoms in total. The fourth-order valence-corrected chi connectivity index (χ4v) is 5.38. The van der Waals surface area contributed by atoms with E-state index in [1.54, 1.807) is 0 Å². The number of para-hydroxylation sites is 1. The number of carbonyl (C=O) groups is 2. The molecule has 0 aromatic heterocycles. The van der Waals surface area contributed by atoms with Gasteiger partial charge in [0, 0.05) is 24.2 Å². The summed E-state index contributed by atoms with van der Waals surface area (Å²) in [7, 11) is 2.90. The van der Waals surface area contributed by atoms with E-state index >= 15 is 0 Å². The molecule has 4 rings (SSSR count). The van der Waals surface area contributed by atoms with Crippen LogP contribution in [0.4, 0.5) is 5.69 Å². The predicted octanol–water partition coefficient (Wildman–Crippen LogP) is 2.48. The van der Waals surface area contributed by atoms with Crippen molar-refractivity contribution >= 4 is 17.6 Å². The van der Waals surface area contributed by atoms with Crippen LogP contribution in [0.25, 0.3) is 0 Å². The van der Waals surface area contributed by atoms with Crippen molar-refractivity contribution in [2.75, 3.05) is 32.6 Å². The van der Waals surface area contributed by atoms with Crippen LogP contribution < -0.4 is 5.32 Å². The summed E-state index contributed by atoms with van der Waals surface area (Å²) in [6, 6.07) is 7.96. The third kappa shape index (κ3) is 2.58. The average Bonchev–Trinajstić information content (AvgIpc) is 3.23. The lowest BCUT2D eigenvalue weighted by atomic mass is 9.68. The Morgan fingerprint density at radius 2 is 2.14 bits per heavy atom. The highest BCUT2D eigenvalue weighted by Gasteiger charge is 2.60. The fourth-order valence-electron chi connectivity index (χ4n) is 5.38. The van der Waals surface area contributed by atoms with Crippen molar-refractivity contribution in [3.63, 3.8) is 0 Å². The van der Waals surface area contributed by atoms with Gasteiger partial charge in [0.05, 0.1) is 31.5 Å². The van der Waals surface area contributed by atoms with E-state index in [9.17, 15) is 9.59 Å². The molecule has 1 N–H and O–H groups in total. The Labute approximate surface area is 165 Å². The van der Waals surface area contributed by atoms with Crippen LogP contribution in [0.1, 0.15) is 18.4 Å². The van der Waals surface area contributed by atoms with Gasteiger partial charge in [-0.25, -0.2) is 4.79 Å². The van der Waals surface area contributed by atoms with Gasteiger partial charge in [-0.05, 0) is 36.9 Å². The Kier molecular flexibility index (Phi) is 4.75. The van der Waals surface area contributed by atoms with Crippen LogP contribution in [0.2, 0.25) is 0 Å². The van der Waals surface area contributed by atoms with Gasteiger partial charge in [-0.2, -0.15) is 0 Å². The zero-order valence-electron chi connectivity index (χ0n) is 16.3. The Hall–Kier alpha value is -2.60. The lowest BCUT2D eigenvalue weighted by Crippen LogP contribution is -2.53. The smallest absolute Gasteiger partial charge is 0.337 e. The van der Waals surface area contributed by atoms with Gasteiger partial charge in [-0.15, -0.1) is 6.58 Å². The largest absolute Gasteiger partial charge is 0.504 e. The molecule has 3 heterocycles. The number of hydrogen-bond donors (Lipinski definition) is 1. The molecule has 1 aromatic rings. The third-order valence-corrected chi connectivity index (χ3v) is 6.67. The Morgan fingerprint density at radius 1 is 1.36 bits per heavy atom. The minimum Gasteiger partial charge on any atom is -0.504 e. The summed E-state index contributed by atoms with van der Waals surface area (Å²) in [6.07, 6.45) is 4.83. The molecule has 1 amide bonds. The van der Waals surface area contributed by atoms with Gasteiger partial charge >= 0.3 is 5.97 Å². The first-order valence-corrected chi connectivity index (χ1v) is 9.65. The first kappa shape index (κ1) is 18.7. The van der Waals surface area contributed by atoms with Crippen molar-refractivity contribution in [3.05, 3.63) is 54.3 Å². The van der Waals surface area contributed by atoms with Gasteiger partial charge in [0.15, 0.2) is 0 Å². The first-order valence-electron chi connectivity index (χ1n) is 9.65. The highest BCUT2D eigenvalue weighted by molar-refractivity contribution is 6.07. The number of nitrogens with one attached hydrogen (secondary N) is 1. The molecule has 1 spiro atoms. The Morgan fingerprint density at radius 3 is 2.86 bits per heavy atom. The van der Waals surface area contributed by atoms with Crippen molar-refractivity contribution in [3.8, 4) is 0 Å². The minimum atomic E-state index is -0.574. The summed E-state index contributed by atoms with van der Waals surface area (Å²) in [5.41, 5.74) is 1.90. The quantitative estimate of drug-likeness (QED) is 0.375. The minimum absolute atomic E-state index is 0.0160. The summed E-state index contributed by atoms with van der Waals surface area (Å²) in [4.78, 5) is 28.0. The number of ether oxygens (including phenoxy) is 2. The van der Waals surface area contributed by atoms with Gasteiger partial charge in [-0.3, -0.25) is 9.69 Å². The number of fused-ring (bicyclic) bond motifs is 4. The van der Waals surface area contributed by atoms with Crippen LogP contribution in [0.3, 0.4) is 0 Å². The second-order valence-electron chi connectivity index (χ2n) is 7.77. The molecule has 148 valence electrons. The normalized spacial score (nSPS) is 31.9. The second-order valence-corrected chi connectivity index (χ2v) is 7.77. The summed E-state index contributed by atoms with van der Waals surface area (Å²) in [6.45, 7) is 5.60. The first-order chi connectivity index (χ1) is 13.6. The van der Waals surface area contributed by atoms with E-state index in [0.717, 1.165) is 30.8 Å². The molecule has 2 fully saturated rings. The Balaban J connectivity index is 1.75. The molecule has 3 aliphatic heterocycles. The maximum absolute atomic E-state index is 13.2. The average molecular weight is 382 g/mol. The molecule has 28 heavy (non-hydrogen) atoms. The van der Waals surface area contributed by atoms with Crippen molar-refractivity contribution in [2.45, 2.75) is 24.3 Å². The van der Waals surface area contributed by atoms with Crippen molar-refractivity contribution in [1.29, 1.82) is 0 Å². The fraction of sp³-hybridized carbons (Fsp3) is 0.455. The molecule has 0 radical (unpaired) electrons. The van der Waals surface area contributed by atoms with Crippen molar-refractivity contribution < 1.29 is 19.1 Å². The zero-order valence-corrected chi connectivity index (χ0v) is 16.3. The van der Waals surface area contributed by atoms with E-state index in [1.807, 2.05) is 24.3 Å². The van der Waals surface area contributed by atoms with Gasteiger partial charge < -0.3 is 14.8 Å². The summed E-state index contributed by atoms with van der Waals surface area (Å²) >= 11 is 0. The third-order valence-electron chi connectivity index (χ3n) is 6.67. The van der Waals surface area contributed by atoms with Gasteiger partial charge in [-0.1, -0.05) is 24.3 Å². The summed E-state index contributed by atoms with van der Waals surface area (Å²) in [5.74, 6) is -0.351. The number of nitrogens with zero attached hydrogens (tertiary/aromatic N) is 1. The van der Waals surface area contributed by atoms with Gasteiger partial charge in [0.25, 0.3) is 0 Å². The van der Waals surface area contributed by atoms with Crippen LogP contribution >= 0.6 is 0 Å². The highest BCUT2D eigenvalue weighted by atomic mass is 16.5. The predicted molar refractivity (Wildman–Crippen MR) is 106 cm³/mol. The number of esters is 1. The molecule has 0 unspecified atom stereocenters. The zero-order chi connectivity index (χ0) is 19.9. The topological polar surface area (TPSA) is 67.9 Å². The van der Waals surface area contributed by atoms with E-state index in [2.05, 4.69) is 22.9 Å². The molecule has 0 aliphatic carbocycles. The summed E-state index contributed by atoms with van der Waals surface area (Å²) in [5, 5.41) is 3.07. The summed E-state index contributed by atoms with van der Waals surface area (Å²) < 4.78 is 10.2. The number of benzene rings is 1. The van der Waals surface area contributed by atoms with Crippen molar-refractivity contribution in [2.24, 2.45) is 11.8 Å². The number of anilines is 1. The van der Waals surface area contributed by atoms with Crippen LogP contribution in [-0.4, -0.2) is 50.1 Å². The van der Waals surface area contributed by atoms with Gasteiger partial charge in [0.2, 0.25) is 5.91 Å². The Bertz CT molecular complexity index is 849. The number of hydrogen-bond acceptors (Lipinski definition) is 5. The molecule has 6 heteroatoms. The molecule has 0 bridgehead atoms. The molecule has 4 atom stereocenters. The van der Waals surface area contributed by atoms with Crippen LogP contribution in [0.15, 0.2) is 48.8 Å². The monoisotopic (exact) mass is 382 g/mol. The van der Waals surface area contributed by atoms with E-state index in [1.165, 1.54) is 20.5 Å².